The van der Waals surface area contributed by atoms with Crippen molar-refractivity contribution in [2.45, 2.75) is 58.9 Å². The maximum atomic E-state index is 14.0. The molecule has 0 bridgehead atoms. The third-order valence-corrected chi connectivity index (χ3v) is 4.46. The minimum absolute atomic E-state index is 0. The topological polar surface area (TPSA) is 20.3 Å². The lowest BCUT2D eigenvalue weighted by atomic mass is 9.83. The molecule has 0 saturated carbocycles. The van der Waals surface area contributed by atoms with Crippen molar-refractivity contribution in [3.05, 3.63) is 34.6 Å². The first-order valence-corrected chi connectivity index (χ1v) is 8.13. The molecule has 1 aliphatic rings. The Morgan fingerprint density at radius 1 is 1.23 bits per heavy atom. The number of hydrogen-bond donors (Lipinski definition) is 0. The van der Waals surface area contributed by atoms with Gasteiger partial charge in [-0.3, -0.25) is 4.79 Å². The smallest absolute Gasteiger partial charge is 0.160 e. The van der Waals surface area contributed by atoms with Gasteiger partial charge in [0.25, 0.3) is 0 Å². The molecule has 1 aliphatic carbocycles. The van der Waals surface area contributed by atoms with E-state index in [0.29, 0.717) is 11.6 Å². The summed E-state index contributed by atoms with van der Waals surface area (Å²) in [5, 5.41) is 0. The summed E-state index contributed by atoms with van der Waals surface area (Å²) in [6.07, 6.45) is 4.81. The molecule has 0 aromatic heterocycles. The van der Waals surface area contributed by atoms with E-state index in [9.17, 15) is 9.18 Å². The average molecular weight is 328 g/mol. The first-order valence-electron chi connectivity index (χ1n) is 8.13. The van der Waals surface area contributed by atoms with Crippen LogP contribution in [0.3, 0.4) is 0 Å². The second kappa shape index (κ2) is 8.64. The van der Waals surface area contributed by atoms with E-state index in [1.54, 1.807) is 13.0 Å². The van der Waals surface area contributed by atoms with Gasteiger partial charge in [0.2, 0.25) is 0 Å². The molecule has 2 nitrogen and oxygen atoms in total. The highest BCUT2D eigenvalue weighted by molar-refractivity contribution is 5.96. The van der Waals surface area contributed by atoms with Crippen LogP contribution in [0.15, 0.2) is 12.1 Å². The highest BCUT2D eigenvalue weighted by atomic mass is 35.5. The number of rotatable bonds is 6. The van der Waals surface area contributed by atoms with Crippen LogP contribution in [0.25, 0.3) is 0 Å². The third kappa shape index (κ3) is 4.08. The minimum Gasteiger partial charge on any atom is -0.300 e. The van der Waals surface area contributed by atoms with Gasteiger partial charge >= 0.3 is 0 Å². The Hall–Kier alpha value is -0.930. The zero-order valence-electron chi connectivity index (χ0n) is 13.8. The largest absolute Gasteiger partial charge is 0.300 e. The molecule has 0 unspecified atom stereocenters. The summed E-state index contributed by atoms with van der Waals surface area (Å²) in [6, 6.07) is 3.55. The summed E-state index contributed by atoms with van der Waals surface area (Å²) in [5.74, 6) is -0.101. The molecule has 1 aromatic carbocycles. The SMILES string of the molecule is CCCN(CCC)[C@@H]1CCc2c(F)ccc(C(C)=O)c2C1.Cl. The van der Waals surface area contributed by atoms with Crippen LogP contribution in [-0.4, -0.2) is 29.8 Å². The number of fused-ring (bicyclic) bond motifs is 1. The number of carbonyl (C=O) groups excluding carboxylic acids is 1. The van der Waals surface area contributed by atoms with Crippen molar-refractivity contribution in [1.29, 1.82) is 0 Å². The van der Waals surface area contributed by atoms with Crippen molar-refractivity contribution in [3.63, 3.8) is 0 Å². The molecular weight excluding hydrogens is 301 g/mol. The highest BCUT2D eigenvalue weighted by Crippen LogP contribution is 2.30. The summed E-state index contributed by atoms with van der Waals surface area (Å²) in [7, 11) is 0. The van der Waals surface area contributed by atoms with Crippen LogP contribution >= 0.6 is 12.4 Å². The van der Waals surface area contributed by atoms with Crippen LogP contribution in [-0.2, 0) is 12.8 Å². The first-order chi connectivity index (χ1) is 10.1. The minimum atomic E-state index is -0.147. The molecule has 0 heterocycles. The standard InChI is InChI=1S/C18H26FNO.ClH/c1-4-10-20(11-5-2)14-6-7-16-17(12-14)15(13(3)21)8-9-18(16)19;/h8-9,14H,4-7,10-12H2,1-3H3;1H/t14-;/m1./s1. The van der Waals surface area contributed by atoms with E-state index in [-0.39, 0.29) is 24.0 Å². The number of ketones is 1. The lowest BCUT2D eigenvalue weighted by molar-refractivity contribution is 0.101. The van der Waals surface area contributed by atoms with Crippen LogP contribution in [0.4, 0.5) is 4.39 Å². The van der Waals surface area contributed by atoms with Crippen LogP contribution in [0.5, 0.6) is 0 Å². The summed E-state index contributed by atoms with van der Waals surface area (Å²) < 4.78 is 14.0. The molecule has 124 valence electrons. The molecule has 0 N–H and O–H groups in total. The van der Waals surface area contributed by atoms with Gasteiger partial charge in [0, 0.05) is 11.6 Å². The van der Waals surface area contributed by atoms with E-state index < -0.39 is 0 Å². The Balaban J connectivity index is 0.00000242. The Morgan fingerprint density at radius 2 is 1.86 bits per heavy atom. The fraction of sp³-hybridized carbons (Fsp3) is 0.611. The van der Waals surface area contributed by atoms with Gasteiger partial charge in [0.15, 0.2) is 5.78 Å². The van der Waals surface area contributed by atoms with Crippen molar-refractivity contribution < 1.29 is 9.18 Å². The van der Waals surface area contributed by atoms with Crippen molar-refractivity contribution in [2.24, 2.45) is 0 Å². The van der Waals surface area contributed by atoms with Crippen molar-refractivity contribution in [1.82, 2.24) is 4.90 Å². The van der Waals surface area contributed by atoms with Crippen molar-refractivity contribution in [2.75, 3.05) is 13.1 Å². The molecule has 1 atom stereocenters. The van der Waals surface area contributed by atoms with Gasteiger partial charge in [-0.1, -0.05) is 13.8 Å². The monoisotopic (exact) mass is 327 g/mol. The van der Waals surface area contributed by atoms with Gasteiger partial charge in [-0.05, 0) is 75.4 Å². The Bertz CT molecular complexity index is 512. The second-order valence-corrected chi connectivity index (χ2v) is 6.04. The molecule has 4 heteroatoms. The normalized spacial score (nSPS) is 17.0. The number of hydrogen-bond acceptors (Lipinski definition) is 2. The summed E-state index contributed by atoms with van der Waals surface area (Å²) in [6.45, 7) is 8.13. The predicted octanol–water partition coefficient (Wildman–Crippen LogP) is 4.43. The predicted molar refractivity (Wildman–Crippen MR) is 91.6 cm³/mol. The molecule has 0 amide bonds. The van der Waals surface area contributed by atoms with Crippen LogP contribution in [0.1, 0.15) is 61.5 Å². The van der Waals surface area contributed by atoms with Crippen LogP contribution in [0.2, 0.25) is 0 Å². The Morgan fingerprint density at radius 3 is 2.41 bits per heavy atom. The Labute approximate surface area is 139 Å². The molecule has 0 aliphatic heterocycles. The molecule has 0 saturated heterocycles. The van der Waals surface area contributed by atoms with E-state index in [0.717, 1.165) is 56.3 Å². The zero-order chi connectivity index (χ0) is 15.4. The van der Waals surface area contributed by atoms with Gasteiger partial charge in [-0.25, -0.2) is 4.39 Å². The first kappa shape index (κ1) is 19.1. The molecular formula is C18H27ClFNO. The highest BCUT2D eigenvalue weighted by Gasteiger charge is 2.27. The molecule has 1 aromatic rings. The maximum absolute atomic E-state index is 14.0. The number of carbonyl (C=O) groups is 1. The van der Waals surface area contributed by atoms with Gasteiger partial charge in [-0.2, -0.15) is 0 Å². The van der Waals surface area contributed by atoms with E-state index >= 15 is 0 Å². The molecule has 2 rings (SSSR count). The van der Waals surface area contributed by atoms with Crippen molar-refractivity contribution in [3.8, 4) is 0 Å². The summed E-state index contributed by atoms with van der Waals surface area (Å²) >= 11 is 0. The third-order valence-electron chi connectivity index (χ3n) is 4.46. The second-order valence-electron chi connectivity index (χ2n) is 6.04. The Kier molecular flexibility index (Phi) is 7.51. The lowest BCUT2D eigenvalue weighted by Gasteiger charge is -2.35. The molecule has 0 radical (unpaired) electrons. The fourth-order valence-corrected chi connectivity index (χ4v) is 3.51. The van der Waals surface area contributed by atoms with Crippen LogP contribution < -0.4 is 0 Å². The number of nitrogens with zero attached hydrogens (tertiary/aromatic N) is 1. The maximum Gasteiger partial charge on any atom is 0.160 e. The quantitative estimate of drug-likeness (QED) is 0.720. The number of halogens is 2. The summed E-state index contributed by atoms with van der Waals surface area (Å²) in [4.78, 5) is 14.3. The molecule has 22 heavy (non-hydrogen) atoms. The average Bonchev–Trinajstić information content (AvgIpc) is 2.46. The van der Waals surface area contributed by atoms with E-state index in [1.165, 1.54) is 6.07 Å². The van der Waals surface area contributed by atoms with Gasteiger partial charge < -0.3 is 4.90 Å². The number of benzene rings is 1. The van der Waals surface area contributed by atoms with E-state index in [1.807, 2.05) is 0 Å². The van der Waals surface area contributed by atoms with Gasteiger partial charge in [-0.15, -0.1) is 12.4 Å². The van der Waals surface area contributed by atoms with Gasteiger partial charge in [0.05, 0.1) is 0 Å². The molecule has 0 spiro atoms. The van der Waals surface area contributed by atoms with Crippen molar-refractivity contribution >= 4 is 18.2 Å². The fourth-order valence-electron chi connectivity index (χ4n) is 3.51. The number of Topliss-reactive ketones (excluding diaryl/α,β-unsaturated/α-hetero) is 1. The van der Waals surface area contributed by atoms with Crippen LogP contribution in [0, 0.1) is 5.82 Å². The summed E-state index contributed by atoms with van der Waals surface area (Å²) in [5.41, 5.74) is 2.44. The van der Waals surface area contributed by atoms with Gasteiger partial charge in [0.1, 0.15) is 5.82 Å². The van der Waals surface area contributed by atoms with E-state index in [4.69, 9.17) is 0 Å². The zero-order valence-corrected chi connectivity index (χ0v) is 14.6. The lowest BCUT2D eigenvalue weighted by Crippen LogP contribution is -2.41. The van der Waals surface area contributed by atoms with E-state index in [2.05, 4.69) is 18.7 Å². The molecule has 0 fully saturated rings.